The number of hydrogen-bond acceptors (Lipinski definition) is 3. The quantitative estimate of drug-likeness (QED) is 0.696. The van der Waals surface area contributed by atoms with Crippen molar-refractivity contribution < 1.29 is 14.3 Å². The van der Waals surface area contributed by atoms with Crippen LogP contribution in [0.5, 0.6) is 5.75 Å². The summed E-state index contributed by atoms with van der Waals surface area (Å²) in [6.07, 6.45) is 9.68. The van der Waals surface area contributed by atoms with Crippen molar-refractivity contribution in [2.75, 3.05) is 24.5 Å². The molecule has 4 aliphatic carbocycles. The fourth-order valence-electron chi connectivity index (χ4n) is 8.27. The standard InChI is InChI=1S/C28H39N3O3/c1-18-17-31(24-5-3-4-6-25(24)34-18)27(33)30-9-7-23(8-10-30)26(32)29-19(2)28-14-20-11-21(15-28)13-22(12-20)16-28/h3-6,18-23H,7-17H2,1-2H3,(H,29,32). The number of likely N-dealkylation sites (tertiary alicyclic amines) is 1. The third-order valence-corrected chi connectivity index (χ3v) is 9.65. The van der Waals surface area contributed by atoms with Gasteiger partial charge in [-0.05, 0) is 101 Å². The maximum atomic E-state index is 13.4. The monoisotopic (exact) mass is 465 g/mol. The molecule has 4 saturated carbocycles. The number of fused-ring (bicyclic) bond motifs is 1. The van der Waals surface area contributed by atoms with Crippen molar-refractivity contribution >= 4 is 17.6 Å². The number of ether oxygens (including phenoxy) is 1. The number of amides is 3. The van der Waals surface area contributed by atoms with Gasteiger partial charge in [0.15, 0.2) is 0 Å². The normalized spacial score (nSPS) is 35.5. The van der Waals surface area contributed by atoms with Crippen molar-refractivity contribution in [1.29, 1.82) is 0 Å². The SMILES string of the molecule is CC1CN(C(=O)N2CCC(C(=O)NC(C)C34CC5CC(CC(C5)C3)C4)CC2)c2ccccc2O1. The minimum atomic E-state index is -0.0340. The molecule has 6 nitrogen and oxygen atoms in total. The Balaban J connectivity index is 1.05. The summed E-state index contributed by atoms with van der Waals surface area (Å²) in [4.78, 5) is 30.4. The van der Waals surface area contributed by atoms with Crippen molar-refractivity contribution in [2.45, 2.75) is 77.4 Å². The molecule has 2 unspecified atom stereocenters. The largest absolute Gasteiger partial charge is 0.487 e. The van der Waals surface area contributed by atoms with Gasteiger partial charge in [0.05, 0.1) is 12.2 Å². The fourth-order valence-corrected chi connectivity index (χ4v) is 8.27. The van der Waals surface area contributed by atoms with Gasteiger partial charge in [-0.25, -0.2) is 4.79 Å². The van der Waals surface area contributed by atoms with Gasteiger partial charge in [0, 0.05) is 25.0 Å². The summed E-state index contributed by atoms with van der Waals surface area (Å²) in [5.74, 6) is 3.67. The van der Waals surface area contributed by atoms with Crippen LogP contribution in [-0.4, -0.2) is 48.6 Å². The van der Waals surface area contributed by atoms with E-state index in [0.29, 0.717) is 25.0 Å². The third kappa shape index (κ3) is 3.87. The van der Waals surface area contributed by atoms with E-state index in [-0.39, 0.29) is 30.0 Å². The van der Waals surface area contributed by atoms with Gasteiger partial charge in [0.25, 0.3) is 0 Å². The Morgan fingerprint density at radius 1 is 1.03 bits per heavy atom. The van der Waals surface area contributed by atoms with E-state index in [9.17, 15) is 9.59 Å². The van der Waals surface area contributed by atoms with E-state index in [1.54, 1.807) is 0 Å². The van der Waals surface area contributed by atoms with Crippen molar-refractivity contribution in [3.8, 4) is 5.75 Å². The molecule has 0 aromatic heterocycles. The van der Waals surface area contributed by atoms with Crippen LogP contribution >= 0.6 is 0 Å². The van der Waals surface area contributed by atoms with E-state index in [2.05, 4.69) is 12.2 Å². The second kappa shape index (κ2) is 8.46. The highest BCUT2D eigenvalue weighted by atomic mass is 16.5. The molecule has 0 radical (unpaired) electrons. The van der Waals surface area contributed by atoms with Crippen LogP contribution < -0.4 is 15.0 Å². The minimum absolute atomic E-state index is 0.0105. The number of rotatable bonds is 3. The summed E-state index contributed by atoms with van der Waals surface area (Å²) >= 11 is 0. The molecular weight excluding hydrogens is 426 g/mol. The molecule has 2 aliphatic heterocycles. The van der Waals surface area contributed by atoms with Crippen molar-refractivity contribution in [3.05, 3.63) is 24.3 Å². The molecule has 5 fully saturated rings. The highest BCUT2D eigenvalue weighted by Crippen LogP contribution is 2.61. The number of nitrogens with zero attached hydrogens (tertiary/aromatic N) is 2. The molecule has 0 spiro atoms. The zero-order valence-electron chi connectivity index (χ0n) is 20.7. The van der Waals surface area contributed by atoms with Gasteiger partial charge in [-0.1, -0.05) is 12.1 Å². The minimum Gasteiger partial charge on any atom is -0.487 e. The summed E-state index contributed by atoms with van der Waals surface area (Å²) in [5, 5.41) is 3.46. The van der Waals surface area contributed by atoms with E-state index in [0.717, 1.165) is 42.0 Å². The Bertz CT molecular complexity index is 919. The van der Waals surface area contributed by atoms with Crippen molar-refractivity contribution in [3.63, 3.8) is 0 Å². The van der Waals surface area contributed by atoms with Crippen LogP contribution in [0.25, 0.3) is 0 Å². The molecule has 1 aromatic rings. The first-order valence-electron chi connectivity index (χ1n) is 13.5. The third-order valence-electron chi connectivity index (χ3n) is 9.65. The lowest BCUT2D eigenvalue weighted by atomic mass is 9.48. The summed E-state index contributed by atoms with van der Waals surface area (Å²) in [6, 6.07) is 8.05. The molecule has 34 heavy (non-hydrogen) atoms. The van der Waals surface area contributed by atoms with E-state index >= 15 is 0 Å². The summed E-state index contributed by atoms with van der Waals surface area (Å²) in [6.45, 7) is 6.09. The number of para-hydroxylation sites is 2. The highest BCUT2D eigenvalue weighted by Gasteiger charge is 2.53. The van der Waals surface area contributed by atoms with E-state index in [4.69, 9.17) is 4.74 Å². The lowest BCUT2D eigenvalue weighted by Gasteiger charge is -2.59. The Hall–Kier alpha value is -2.24. The lowest BCUT2D eigenvalue weighted by Crippen LogP contribution is -2.57. The number of carbonyl (C=O) groups excluding carboxylic acids is 2. The second-order valence-corrected chi connectivity index (χ2v) is 12.1. The summed E-state index contributed by atoms with van der Waals surface area (Å²) in [7, 11) is 0. The maximum absolute atomic E-state index is 13.4. The molecule has 3 amide bonds. The van der Waals surface area contributed by atoms with Gasteiger partial charge in [0.1, 0.15) is 11.9 Å². The summed E-state index contributed by atoms with van der Waals surface area (Å²) in [5.41, 5.74) is 1.18. The number of carbonyl (C=O) groups is 2. The predicted molar refractivity (Wildman–Crippen MR) is 132 cm³/mol. The molecule has 6 aliphatic rings. The molecule has 6 heteroatoms. The first-order chi connectivity index (χ1) is 16.4. The maximum Gasteiger partial charge on any atom is 0.324 e. The predicted octanol–water partition coefficient (Wildman–Crippen LogP) is 4.83. The van der Waals surface area contributed by atoms with Gasteiger partial charge >= 0.3 is 6.03 Å². The number of hydrogen-bond donors (Lipinski definition) is 1. The Morgan fingerprint density at radius 2 is 1.65 bits per heavy atom. The number of benzene rings is 1. The van der Waals surface area contributed by atoms with Gasteiger partial charge in [-0.3, -0.25) is 9.69 Å². The van der Waals surface area contributed by atoms with Crippen LogP contribution in [0.3, 0.4) is 0 Å². The molecule has 1 saturated heterocycles. The van der Waals surface area contributed by atoms with Crippen LogP contribution in [0.15, 0.2) is 24.3 Å². The fraction of sp³-hybridized carbons (Fsp3) is 0.714. The van der Waals surface area contributed by atoms with Crippen LogP contribution in [0.1, 0.15) is 65.2 Å². The molecular formula is C28H39N3O3. The molecule has 7 rings (SSSR count). The topological polar surface area (TPSA) is 61.9 Å². The van der Waals surface area contributed by atoms with E-state index in [1.807, 2.05) is 41.0 Å². The van der Waals surface area contributed by atoms with Crippen molar-refractivity contribution in [2.24, 2.45) is 29.1 Å². The molecule has 184 valence electrons. The number of piperidine rings is 1. The highest BCUT2D eigenvalue weighted by molar-refractivity contribution is 5.94. The number of anilines is 1. The number of nitrogens with one attached hydrogen (secondary N) is 1. The average molecular weight is 466 g/mol. The molecule has 4 bridgehead atoms. The Morgan fingerprint density at radius 3 is 2.29 bits per heavy atom. The first-order valence-corrected chi connectivity index (χ1v) is 13.5. The lowest BCUT2D eigenvalue weighted by molar-refractivity contribution is -0.130. The average Bonchev–Trinajstić information content (AvgIpc) is 2.82. The second-order valence-electron chi connectivity index (χ2n) is 12.1. The Kier molecular flexibility index (Phi) is 5.53. The van der Waals surface area contributed by atoms with Crippen LogP contribution in [0.4, 0.5) is 10.5 Å². The molecule has 1 aromatic carbocycles. The zero-order valence-corrected chi connectivity index (χ0v) is 20.7. The van der Waals surface area contributed by atoms with Crippen LogP contribution in [0.2, 0.25) is 0 Å². The van der Waals surface area contributed by atoms with Crippen LogP contribution in [-0.2, 0) is 4.79 Å². The van der Waals surface area contributed by atoms with E-state index < -0.39 is 0 Å². The van der Waals surface area contributed by atoms with Gasteiger partial charge in [0.2, 0.25) is 5.91 Å². The van der Waals surface area contributed by atoms with Crippen molar-refractivity contribution in [1.82, 2.24) is 10.2 Å². The molecule has 1 N–H and O–H groups in total. The smallest absolute Gasteiger partial charge is 0.324 e. The molecule has 2 atom stereocenters. The Labute approximate surface area is 203 Å². The zero-order chi connectivity index (χ0) is 23.4. The van der Waals surface area contributed by atoms with Gasteiger partial charge in [-0.15, -0.1) is 0 Å². The molecule has 2 heterocycles. The van der Waals surface area contributed by atoms with Gasteiger partial charge in [-0.2, -0.15) is 0 Å². The van der Waals surface area contributed by atoms with Gasteiger partial charge < -0.3 is 15.0 Å². The summed E-state index contributed by atoms with van der Waals surface area (Å²) < 4.78 is 5.91. The first kappa shape index (κ1) is 22.2. The van der Waals surface area contributed by atoms with E-state index in [1.165, 1.54) is 38.5 Å². The number of urea groups is 1. The van der Waals surface area contributed by atoms with Crippen LogP contribution in [0, 0.1) is 29.1 Å².